The van der Waals surface area contributed by atoms with Gasteiger partial charge in [0.25, 0.3) is 0 Å². The number of hydrogen-bond acceptors (Lipinski definition) is 0. The van der Waals surface area contributed by atoms with Gasteiger partial charge in [-0.2, -0.15) is 0 Å². The largest absolute Gasteiger partial charge is 2.00 e. The Kier molecular flexibility index (Phi) is 9.40. The van der Waals surface area contributed by atoms with Crippen LogP contribution in [0.15, 0.2) is 0 Å². The third-order valence-electron chi connectivity index (χ3n) is 1.42. The van der Waals surface area contributed by atoms with Crippen LogP contribution >= 0.6 is 0 Å². The minimum absolute atomic E-state index is 0. The van der Waals surface area contributed by atoms with E-state index in [0.717, 1.165) is 19.4 Å². The molecule has 1 atom stereocenters. The van der Waals surface area contributed by atoms with E-state index < -0.39 is 0 Å². The standard InChI is InChI=1S/C5H9BN.CH3.W/c6-3-5-1-2-7-4-5;;/h5H,1-4H2;1H3;/q2*-1;+2. The van der Waals surface area contributed by atoms with E-state index in [2.05, 4.69) is 5.32 Å². The molecular formula is C6H12BNW. The van der Waals surface area contributed by atoms with Crippen LogP contribution in [0.2, 0.25) is 6.32 Å². The minimum Gasteiger partial charge on any atom is -0.662 e. The van der Waals surface area contributed by atoms with Crippen LogP contribution < -0.4 is 0 Å². The maximum atomic E-state index is 5.37. The van der Waals surface area contributed by atoms with Crippen molar-refractivity contribution in [3.63, 3.8) is 0 Å². The first kappa shape index (κ1) is 12.4. The van der Waals surface area contributed by atoms with E-state index in [4.69, 9.17) is 7.85 Å². The molecule has 1 aliphatic rings. The zero-order valence-electron chi connectivity index (χ0n) is 5.84. The fourth-order valence-corrected chi connectivity index (χ4v) is 0.831. The number of hydrogen-bond donors (Lipinski definition) is 0. The van der Waals surface area contributed by atoms with Crippen LogP contribution in [0.4, 0.5) is 0 Å². The summed E-state index contributed by atoms with van der Waals surface area (Å²) >= 11 is 0. The second-order valence-electron chi connectivity index (χ2n) is 2.02. The second-order valence-corrected chi connectivity index (χ2v) is 2.02. The Labute approximate surface area is 73.7 Å². The average molecular weight is 293 g/mol. The summed E-state index contributed by atoms with van der Waals surface area (Å²) < 4.78 is 0. The quantitative estimate of drug-likeness (QED) is 0.513. The summed E-state index contributed by atoms with van der Waals surface area (Å²) in [5.74, 6) is 0.708. The van der Waals surface area contributed by atoms with Crippen molar-refractivity contribution in [3.05, 3.63) is 12.7 Å². The van der Waals surface area contributed by atoms with E-state index in [9.17, 15) is 0 Å². The van der Waals surface area contributed by atoms with Gasteiger partial charge in [-0.15, -0.1) is 13.1 Å². The molecule has 0 aromatic rings. The topological polar surface area (TPSA) is 14.1 Å². The molecular weight excluding hydrogens is 281 g/mol. The molecule has 1 fully saturated rings. The Hall–Kier alpha value is 0.713. The summed E-state index contributed by atoms with van der Waals surface area (Å²) in [6.07, 6.45) is 2.04. The van der Waals surface area contributed by atoms with E-state index in [1.807, 2.05) is 0 Å². The molecule has 0 saturated carbocycles. The molecule has 1 aliphatic heterocycles. The molecule has 2 radical (unpaired) electrons. The van der Waals surface area contributed by atoms with Gasteiger partial charge in [0.05, 0.1) is 7.85 Å². The van der Waals surface area contributed by atoms with Crippen molar-refractivity contribution in [1.82, 2.24) is 0 Å². The predicted molar refractivity (Wildman–Crippen MR) is 38.2 cm³/mol. The molecule has 50 valence electrons. The summed E-state index contributed by atoms with van der Waals surface area (Å²) in [6, 6.07) is 0. The van der Waals surface area contributed by atoms with Gasteiger partial charge >= 0.3 is 21.1 Å². The first-order chi connectivity index (χ1) is 3.43. The minimum atomic E-state index is 0. The first-order valence-corrected chi connectivity index (χ1v) is 2.77. The molecule has 0 aliphatic carbocycles. The zero-order chi connectivity index (χ0) is 5.11. The summed E-state index contributed by atoms with van der Waals surface area (Å²) in [5.41, 5.74) is 0. The van der Waals surface area contributed by atoms with Gasteiger partial charge in [0.2, 0.25) is 0 Å². The summed E-state index contributed by atoms with van der Waals surface area (Å²) in [4.78, 5) is 0. The molecule has 0 bridgehead atoms. The average Bonchev–Trinajstić information content (AvgIpc) is 2.14. The second kappa shape index (κ2) is 6.83. The normalized spacial score (nSPS) is 24.2. The molecule has 0 N–H and O–H groups in total. The third-order valence-corrected chi connectivity index (χ3v) is 1.42. The maximum absolute atomic E-state index is 5.37. The van der Waals surface area contributed by atoms with E-state index in [1.54, 1.807) is 0 Å². The molecule has 0 amide bonds. The maximum Gasteiger partial charge on any atom is 2.00 e. The van der Waals surface area contributed by atoms with Gasteiger partial charge in [-0.3, -0.25) is 0 Å². The molecule has 9 heavy (non-hydrogen) atoms. The van der Waals surface area contributed by atoms with Crippen molar-refractivity contribution in [1.29, 1.82) is 0 Å². The molecule has 1 rings (SSSR count). The van der Waals surface area contributed by atoms with Crippen LogP contribution in [-0.4, -0.2) is 20.9 Å². The van der Waals surface area contributed by atoms with Crippen LogP contribution in [-0.2, 0) is 21.1 Å². The van der Waals surface area contributed by atoms with Gasteiger partial charge in [-0.25, -0.2) is 0 Å². The Bertz CT molecular complexity index is 55.0. The molecule has 0 aromatic heterocycles. The number of rotatable bonds is 1. The van der Waals surface area contributed by atoms with Gasteiger partial charge in [-0.05, 0) is 0 Å². The van der Waals surface area contributed by atoms with Crippen LogP contribution in [0.3, 0.4) is 0 Å². The van der Waals surface area contributed by atoms with E-state index in [-0.39, 0.29) is 28.5 Å². The van der Waals surface area contributed by atoms with Gasteiger partial charge in [-0.1, -0.05) is 18.7 Å². The van der Waals surface area contributed by atoms with E-state index >= 15 is 0 Å². The monoisotopic (exact) mass is 293 g/mol. The summed E-state index contributed by atoms with van der Waals surface area (Å²) in [6.45, 7) is 2.05. The summed E-state index contributed by atoms with van der Waals surface area (Å²) in [5, 5.41) is 4.16. The van der Waals surface area contributed by atoms with E-state index in [1.165, 1.54) is 6.42 Å². The summed E-state index contributed by atoms with van der Waals surface area (Å²) in [7, 11) is 5.37. The molecule has 0 spiro atoms. The molecule has 1 nitrogen and oxygen atoms in total. The van der Waals surface area contributed by atoms with Crippen LogP contribution in [0.5, 0.6) is 0 Å². The fraction of sp³-hybridized carbons (Fsp3) is 0.833. The van der Waals surface area contributed by atoms with Gasteiger partial charge in [0.15, 0.2) is 0 Å². The van der Waals surface area contributed by atoms with Crippen molar-refractivity contribution in [3.8, 4) is 0 Å². The molecule has 1 heterocycles. The molecule has 1 unspecified atom stereocenters. The van der Waals surface area contributed by atoms with Gasteiger partial charge in [0, 0.05) is 0 Å². The van der Waals surface area contributed by atoms with Crippen molar-refractivity contribution in [2.75, 3.05) is 13.1 Å². The van der Waals surface area contributed by atoms with Crippen LogP contribution in [0.25, 0.3) is 5.32 Å². The van der Waals surface area contributed by atoms with Gasteiger partial charge < -0.3 is 12.7 Å². The molecule has 3 heteroatoms. The zero-order valence-corrected chi connectivity index (χ0v) is 8.77. The predicted octanol–water partition coefficient (Wildman–Crippen LogP) is 1.41. The number of nitrogens with zero attached hydrogens (tertiary/aromatic N) is 1. The third kappa shape index (κ3) is 4.16. The Morgan fingerprint density at radius 1 is 1.56 bits per heavy atom. The van der Waals surface area contributed by atoms with Crippen molar-refractivity contribution >= 4 is 7.85 Å². The Morgan fingerprint density at radius 3 is 2.44 bits per heavy atom. The molecule has 1 saturated heterocycles. The molecule has 0 aromatic carbocycles. The fourth-order valence-electron chi connectivity index (χ4n) is 0.831. The van der Waals surface area contributed by atoms with Crippen LogP contribution in [0, 0.1) is 13.3 Å². The van der Waals surface area contributed by atoms with Gasteiger partial charge in [0.1, 0.15) is 0 Å². The van der Waals surface area contributed by atoms with Crippen LogP contribution in [0.1, 0.15) is 6.42 Å². The first-order valence-electron chi connectivity index (χ1n) is 2.77. The SMILES string of the molecule is [B]CC1CC[N-]C1.[CH3-].[W+2]. The van der Waals surface area contributed by atoms with Crippen molar-refractivity contribution in [2.24, 2.45) is 5.92 Å². The van der Waals surface area contributed by atoms with Crippen molar-refractivity contribution in [2.45, 2.75) is 12.7 Å². The van der Waals surface area contributed by atoms with Crippen molar-refractivity contribution < 1.29 is 21.1 Å². The Balaban J connectivity index is 0. The van der Waals surface area contributed by atoms with E-state index in [0.29, 0.717) is 5.92 Å². The smallest absolute Gasteiger partial charge is 0.662 e. The Morgan fingerprint density at radius 2 is 2.22 bits per heavy atom.